The molecule has 132 valence electrons. The second kappa shape index (κ2) is 8.10. The maximum Gasteiger partial charge on any atom is 0.228 e. The Morgan fingerprint density at radius 2 is 2.04 bits per heavy atom. The van der Waals surface area contributed by atoms with E-state index in [1.54, 1.807) is 0 Å². The summed E-state index contributed by atoms with van der Waals surface area (Å²) < 4.78 is 11.5. The van der Waals surface area contributed by atoms with Crippen molar-refractivity contribution in [1.82, 2.24) is 10.2 Å². The minimum absolute atomic E-state index is 0.0834. The summed E-state index contributed by atoms with van der Waals surface area (Å²) in [7, 11) is 2.11. The van der Waals surface area contributed by atoms with Gasteiger partial charge in [-0.2, -0.15) is 0 Å². The van der Waals surface area contributed by atoms with E-state index >= 15 is 0 Å². The van der Waals surface area contributed by atoms with E-state index in [0.717, 1.165) is 38.8 Å². The predicted molar refractivity (Wildman–Crippen MR) is 92.4 cm³/mol. The number of carbonyl (C=O) groups excluding carboxylic acids is 1. The lowest BCUT2D eigenvalue weighted by Gasteiger charge is -2.28. The van der Waals surface area contributed by atoms with Crippen LogP contribution in [0.15, 0.2) is 30.3 Å². The van der Waals surface area contributed by atoms with Crippen molar-refractivity contribution in [2.24, 2.45) is 5.92 Å². The van der Waals surface area contributed by atoms with Crippen molar-refractivity contribution in [2.45, 2.75) is 38.0 Å². The number of nitrogens with one attached hydrogen (secondary N) is 1. The van der Waals surface area contributed by atoms with Gasteiger partial charge >= 0.3 is 0 Å². The third-order valence-corrected chi connectivity index (χ3v) is 4.95. The number of nitrogens with zero attached hydrogens (tertiary/aromatic N) is 1. The Hall–Kier alpha value is -1.43. The lowest BCUT2D eigenvalue weighted by molar-refractivity contribution is -0.186. The summed E-state index contributed by atoms with van der Waals surface area (Å²) in [6.07, 6.45) is 3.64. The third kappa shape index (κ3) is 4.15. The third-order valence-electron chi connectivity index (χ3n) is 4.95. The van der Waals surface area contributed by atoms with Crippen LogP contribution < -0.4 is 5.32 Å². The van der Waals surface area contributed by atoms with Crippen molar-refractivity contribution < 1.29 is 14.3 Å². The molecule has 0 bridgehead atoms. The standard InChI is InChI=1S/C19H28N2O3/c1-21(15-16-7-3-2-4-8-16)12-6-11-20-18(22)17-9-5-10-19(17)23-13-14-24-19/h2-4,7-8,17H,5-6,9-15H2,1H3,(H,20,22). The van der Waals surface area contributed by atoms with Gasteiger partial charge in [-0.25, -0.2) is 0 Å². The Balaban J connectivity index is 1.36. The Morgan fingerprint density at radius 3 is 2.79 bits per heavy atom. The topological polar surface area (TPSA) is 50.8 Å². The zero-order chi connectivity index (χ0) is 16.8. The molecule has 3 rings (SSSR count). The van der Waals surface area contributed by atoms with Crippen LogP contribution in [0, 0.1) is 5.92 Å². The summed E-state index contributed by atoms with van der Waals surface area (Å²) in [6, 6.07) is 10.4. The molecule has 1 spiro atoms. The van der Waals surface area contributed by atoms with Crippen molar-refractivity contribution in [3.8, 4) is 0 Å². The maximum atomic E-state index is 12.5. The second-order valence-corrected chi connectivity index (χ2v) is 6.82. The molecule has 1 N–H and O–H groups in total. The van der Waals surface area contributed by atoms with Crippen molar-refractivity contribution >= 4 is 5.91 Å². The van der Waals surface area contributed by atoms with Gasteiger partial charge in [0.25, 0.3) is 0 Å². The molecule has 2 aliphatic rings. The summed E-state index contributed by atoms with van der Waals surface area (Å²) in [5.41, 5.74) is 1.31. The fraction of sp³-hybridized carbons (Fsp3) is 0.632. The van der Waals surface area contributed by atoms with Gasteiger partial charge in [-0.3, -0.25) is 4.79 Å². The first kappa shape index (κ1) is 17.4. The van der Waals surface area contributed by atoms with E-state index in [-0.39, 0.29) is 11.8 Å². The number of carbonyl (C=O) groups is 1. The average Bonchev–Trinajstić information content (AvgIpc) is 3.23. The number of amides is 1. The van der Waals surface area contributed by atoms with E-state index in [1.807, 2.05) is 6.07 Å². The maximum absolute atomic E-state index is 12.5. The fourth-order valence-electron chi connectivity index (χ4n) is 3.75. The van der Waals surface area contributed by atoms with Crippen molar-refractivity contribution in [3.63, 3.8) is 0 Å². The van der Waals surface area contributed by atoms with Crippen LogP contribution in [0.1, 0.15) is 31.2 Å². The minimum Gasteiger partial charge on any atom is -0.356 e. The monoisotopic (exact) mass is 332 g/mol. The Labute approximate surface area is 144 Å². The summed E-state index contributed by atoms with van der Waals surface area (Å²) in [6.45, 7) is 3.80. The largest absolute Gasteiger partial charge is 0.356 e. The number of hydrogen-bond donors (Lipinski definition) is 1. The van der Waals surface area contributed by atoms with Gasteiger partial charge in [-0.05, 0) is 38.4 Å². The number of hydrogen-bond acceptors (Lipinski definition) is 4. The highest BCUT2D eigenvalue weighted by molar-refractivity contribution is 5.80. The Morgan fingerprint density at radius 1 is 1.29 bits per heavy atom. The highest BCUT2D eigenvalue weighted by Crippen LogP contribution is 2.42. The minimum atomic E-state index is -0.631. The van der Waals surface area contributed by atoms with E-state index in [0.29, 0.717) is 19.8 Å². The van der Waals surface area contributed by atoms with Gasteiger partial charge in [-0.1, -0.05) is 30.3 Å². The number of benzene rings is 1. The lowest BCUT2D eigenvalue weighted by atomic mass is 10.0. The Kier molecular flexibility index (Phi) is 5.87. The fourth-order valence-corrected chi connectivity index (χ4v) is 3.75. The van der Waals surface area contributed by atoms with Crippen molar-refractivity contribution in [1.29, 1.82) is 0 Å². The van der Waals surface area contributed by atoms with E-state index in [9.17, 15) is 4.79 Å². The molecular formula is C19H28N2O3. The summed E-state index contributed by atoms with van der Waals surface area (Å²) in [4.78, 5) is 14.7. The number of rotatable bonds is 7. The van der Waals surface area contributed by atoms with Gasteiger partial charge in [0.15, 0.2) is 5.79 Å². The molecule has 1 atom stereocenters. The van der Waals surface area contributed by atoms with Gasteiger partial charge in [0, 0.05) is 19.5 Å². The highest BCUT2D eigenvalue weighted by atomic mass is 16.7. The van der Waals surface area contributed by atoms with Gasteiger partial charge in [0.05, 0.1) is 19.1 Å². The van der Waals surface area contributed by atoms with Gasteiger partial charge in [0.2, 0.25) is 5.91 Å². The number of ether oxygens (including phenoxy) is 2. The molecular weight excluding hydrogens is 304 g/mol. The molecule has 24 heavy (non-hydrogen) atoms. The van der Waals surface area contributed by atoms with Crippen LogP contribution in [-0.4, -0.2) is 49.9 Å². The van der Waals surface area contributed by atoms with Crippen molar-refractivity contribution in [2.75, 3.05) is 33.4 Å². The van der Waals surface area contributed by atoms with Gasteiger partial charge in [0.1, 0.15) is 0 Å². The molecule has 0 radical (unpaired) electrons. The molecule has 5 nitrogen and oxygen atoms in total. The molecule has 1 saturated heterocycles. The highest BCUT2D eigenvalue weighted by Gasteiger charge is 2.51. The average molecular weight is 332 g/mol. The van der Waals surface area contributed by atoms with E-state index in [2.05, 4.69) is 41.5 Å². The smallest absolute Gasteiger partial charge is 0.228 e. The van der Waals surface area contributed by atoms with E-state index < -0.39 is 5.79 Å². The molecule has 1 amide bonds. The van der Waals surface area contributed by atoms with Crippen LogP contribution in [0.2, 0.25) is 0 Å². The Bertz CT molecular complexity index is 523. The molecule has 0 aromatic heterocycles. The molecule has 1 aliphatic heterocycles. The zero-order valence-corrected chi connectivity index (χ0v) is 14.5. The van der Waals surface area contributed by atoms with Gasteiger partial charge < -0.3 is 19.7 Å². The first-order valence-corrected chi connectivity index (χ1v) is 8.98. The molecule has 1 heterocycles. The summed E-state index contributed by atoms with van der Waals surface area (Å²) in [5, 5.41) is 3.07. The molecule has 2 fully saturated rings. The van der Waals surface area contributed by atoms with Gasteiger partial charge in [-0.15, -0.1) is 0 Å². The van der Waals surface area contributed by atoms with E-state index in [4.69, 9.17) is 9.47 Å². The van der Waals surface area contributed by atoms with Crippen LogP contribution in [-0.2, 0) is 20.8 Å². The van der Waals surface area contributed by atoms with Crippen molar-refractivity contribution in [3.05, 3.63) is 35.9 Å². The zero-order valence-electron chi connectivity index (χ0n) is 14.5. The van der Waals surface area contributed by atoms with Crippen LogP contribution in [0.5, 0.6) is 0 Å². The van der Waals surface area contributed by atoms with Crippen LogP contribution in [0.3, 0.4) is 0 Å². The molecule has 1 aromatic carbocycles. The second-order valence-electron chi connectivity index (χ2n) is 6.82. The first-order chi connectivity index (χ1) is 11.7. The predicted octanol–water partition coefficient (Wildman–Crippen LogP) is 2.17. The molecule has 1 aromatic rings. The molecule has 5 heteroatoms. The molecule has 1 unspecified atom stereocenters. The first-order valence-electron chi connectivity index (χ1n) is 8.98. The van der Waals surface area contributed by atoms with Crippen LogP contribution in [0.25, 0.3) is 0 Å². The van der Waals surface area contributed by atoms with E-state index in [1.165, 1.54) is 5.56 Å². The quantitative estimate of drug-likeness (QED) is 0.778. The lowest BCUT2D eigenvalue weighted by Crippen LogP contribution is -2.44. The molecule has 1 saturated carbocycles. The van der Waals surface area contributed by atoms with Crippen LogP contribution >= 0.6 is 0 Å². The molecule has 1 aliphatic carbocycles. The summed E-state index contributed by atoms with van der Waals surface area (Å²) in [5.74, 6) is -0.698. The SMILES string of the molecule is CN(CCCNC(=O)C1CCCC12OCCO2)Cc1ccccc1. The summed E-state index contributed by atoms with van der Waals surface area (Å²) >= 11 is 0. The normalized spacial score (nSPS) is 22.3. The van der Waals surface area contributed by atoms with Crippen LogP contribution in [0.4, 0.5) is 0 Å².